The van der Waals surface area contributed by atoms with Crippen molar-refractivity contribution < 1.29 is 4.92 Å². The predicted molar refractivity (Wildman–Crippen MR) is 49.1 cm³/mol. The van der Waals surface area contributed by atoms with E-state index in [0.29, 0.717) is 10.2 Å². The smallest absolute Gasteiger partial charge is 0.305 e. The molecule has 5 nitrogen and oxygen atoms in total. The summed E-state index contributed by atoms with van der Waals surface area (Å²) < 4.78 is 0.610. The summed E-state index contributed by atoms with van der Waals surface area (Å²) in [4.78, 5) is 23.1. The van der Waals surface area contributed by atoms with Crippen molar-refractivity contribution in [3.05, 3.63) is 38.0 Å². The summed E-state index contributed by atoms with van der Waals surface area (Å²) in [7, 11) is 0. The molecular formula is C7H4N2O3S. The number of rotatable bonds is 1. The van der Waals surface area contributed by atoms with Gasteiger partial charge in [0.25, 0.3) is 5.69 Å². The lowest BCUT2D eigenvalue weighted by Gasteiger charge is -1.90. The van der Waals surface area contributed by atoms with Gasteiger partial charge in [-0.05, 0) is 6.07 Å². The van der Waals surface area contributed by atoms with Gasteiger partial charge in [0.05, 0.1) is 9.62 Å². The summed E-state index contributed by atoms with van der Waals surface area (Å²) in [6.07, 6.45) is 0. The van der Waals surface area contributed by atoms with Gasteiger partial charge in [-0.2, -0.15) is 0 Å². The Hall–Kier alpha value is -1.69. The van der Waals surface area contributed by atoms with Crippen LogP contribution < -0.4 is 4.87 Å². The van der Waals surface area contributed by atoms with Gasteiger partial charge >= 0.3 is 4.87 Å². The second-order valence-corrected chi connectivity index (χ2v) is 3.44. The highest BCUT2D eigenvalue weighted by Crippen LogP contribution is 2.24. The number of aromatic nitrogens is 1. The van der Waals surface area contributed by atoms with Crippen molar-refractivity contribution in [2.45, 2.75) is 0 Å². The molecule has 1 N–H and O–H groups in total. The van der Waals surface area contributed by atoms with Gasteiger partial charge in [0.15, 0.2) is 0 Å². The number of nitro benzene ring substituents is 1. The largest absolute Gasteiger partial charge is 0.307 e. The Bertz CT molecular complexity index is 528. The van der Waals surface area contributed by atoms with Crippen LogP contribution in [0.25, 0.3) is 10.2 Å². The average molecular weight is 196 g/mol. The van der Waals surface area contributed by atoms with Gasteiger partial charge in [-0.1, -0.05) is 17.4 Å². The molecule has 0 bridgehead atoms. The third-order valence-corrected chi connectivity index (χ3v) is 2.48. The molecule has 0 amide bonds. The van der Waals surface area contributed by atoms with Crippen LogP contribution >= 0.6 is 11.3 Å². The van der Waals surface area contributed by atoms with Gasteiger partial charge in [-0.25, -0.2) is 0 Å². The molecule has 0 aliphatic heterocycles. The molecule has 2 aromatic rings. The molecule has 66 valence electrons. The lowest BCUT2D eigenvalue weighted by Crippen LogP contribution is -1.93. The Kier molecular flexibility index (Phi) is 1.63. The van der Waals surface area contributed by atoms with Crippen molar-refractivity contribution in [3.63, 3.8) is 0 Å². The van der Waals surface area contributed by atoms with Crippen molar-refractivity contribution in [3.8, 4) is 0 Å². The minimum atomic E-state index is -0.509. The van der Waals surface area contributed by atoms with Crippen LogP contribution in [-0.2, 0) is 0 Å². The number of para-hydroxylation sites is 1. The van der Waals surface area contributed by atoms with E-state index in [-0.39, 0.29) is 10.6 Å². The summed E-state index contributed by atoms with van der Waals surface area (Å²) in [5.41, 5.74) is 0.248. The summed E-state index contributed by atoms with van der Waals surface area (Å²) >= 11 is 0.968. The highest BCUT2D eigenvalue weighted by atomic mass is 32.1. The van der Waals surface area contributed by atoms with Crippen LogP contribution in [0.2, 0.25) is 0 Å². The number of nitro groups is 1. The number of nitrogens with zero attached hydrogens (tertiary/aromatic N) is 1. The SMILES string of the molecule is O=c1[nH]c2c([N+](=O)[O-])cccc2s1. The maximum atomic E-state index is 10.9. The van der Waals surface area contributed by atoms with Crippen LogP contribution in [0.1, 0.15) is 0 Å². The monoisotopic (exact) mass is 196 g/mol. The molecule has 0 fully saturated rings. The zero-order chi connectivity index (χ0) is 9.42. The standard InChI is InChI=1S/C7H4N2O3S/c10-7-8-6-4(9(11)12)2-1-3-5(6)13-7/h1-3H,(H,8,10). The normalized spacial score (nSPS) is 10.5. The summed E-state index contributed by atoms with van der Waals surface area (Å²) in [6.45, 7) is 0. The fourth-order valence-corrected chi connectivity index (χ4v) is 1.87. The number of hydrogen-bond acceptors (Lipinski definition) is 4. The number of thiazole rings is 1. The summed E-state index contributed by atoms with van der Waals surface area (Å²) in [5, 5.41) is 10.5. The maximum absolute atomic E-state index is 10.9. The van der Waals surface area contributed by atoms with Gasteiger partial charge in [0.1, 0.15) is 5.52 Å². The number of non-ortho nitro benzene ring substituents is 1. The van der Waals surface area contributed by atoms with Gasteiger partial charge < -0.3 is 4.98 Å². The van der Waals surface area contributed by atoms with E-state index in [0.717, 1.165) is 11.3 Å². The Morgan fingerprint density at radius 1 is 1.46 bits per heavy atom. The van der Waals surface area contributed by atoms with Gasteiger partial charge in [-0.3, -0.25) is 14.9 Å². The van der Waals surface area contributed by atoms with E-state index in [9.17, 15) is 14.9 Å². The molecular weight excluding hydrogens is 192 g/mol. The number of benzene rings is 1. The number of fused-ring (bicyclic) bond motifs is 1. The average Bonchev–Trinajstić information content (AvgIpc) is 2.43. The molecule has 0 saturated carbocycles. The highest BCUT2D eigenvalue weighted by Gasteiger charge is 2.13. The molecule has 0 spiro atoms. The lowest BCUT2D eigenvalue weighted by atomic mass is 10.3. The summed E-state index contributed by atoms with van der Waals surface area (Å²) in [5.74, 6) is 0. The van der Waals surface area contributed by atoms with Crippen LogP contribution in [0.15, 0.2) is 23.0 Å². The van der Waals surface area contributed by atoms with Crippen LogP contribution in [0.3, 0.4) is 0 Å². The molecule has 13 heavy (non-hydrogen) atoms. The minimum absolute atomic E-state index is 0.0594. The van der Waals surface area contributed by atoms with Crippen molar-refractivity contribution in [2.24, 2.45) is 0 Å². The maximum Gasteiger partial charge on any atom is 0.305 e. The fourth-order valence-electron chi connectivity index (χ4n) is 1.11. The van der Waals surface area contributed by atoms with E-state index in [1.807, 2.05) is 0 Å². The first kappa shape index (κ1) is 7.93. The topological polar surface area (TPSA) is 76.0 Å². The van der Waals surface area contributed by atoms with E-state index < -0.39 is 4.92 Å². The number of hydrogen-bond donors (Lipinski definition) is 1. The molecule has 0 aliphatic carbocycles. The summed E-state index contributed by atoms with van der Waals surface area (Å²) in [6, 6.07) is 4.60. The zero-order valence-corrected chi connectivity index (χ0v) is 7.13. The fraction of sp³-hybridized carbons (Fsp3) is 0. The van der Waals surface area contributed by atoms with Crippen LogP contribution in [0.5, 0.6) is 0 Å². The van der Waals surface area contributed by atoms with Crippen molar-refractivity contribution in [2.75, 3.05) is 0 Å². The highest BCUT2D eigenvalue weighted by molar-refractivity contribution is 7.16. The molecule has 1 heterocycles. The number of aromatic amines is 1. The van der Waals surface area contributed by atoms with Gasteiger partial charge in [0.2, 0.25) is 0 Å². The molecule has 0 unspecified atom stereocenters. The molecule has 6 heteroatoms. The Balaban J connectivity index is 2.90. The van der Waals surface area contributed by atoms with Crippen molar-refractivity contribution in [1.82, 2.24) is 4.98 Å². The quantitative estimate of drug-likeness (QED) is 0.554. The zero-order valence-electron chi connectivity index (χ0n) is 6.31. The Morgan fingerprint density at radius 3 is 2.92 bits per heavy atom. The number of nitrogens with one attached hydrogen (secondary N) is 1. The first-order valence-corrected chi connectivity index (χ1v) is 4.26. The molecule has 2 rings (SSSR count). The number of H-pyrrole nitrogens is 1. The van der Waals surface area contributed by atoms with E-state index in [1.54, 1.807) is 12.1 Å². The van der Waals surface area contributed by atoms with E-state index in [2.05, 4.69) is 4.98 Å². The van der Waals surface area contributed by atoms with Crippen LogP contribution in [0, 0.1) is 10.1 Å². The van der Waals surface area contributed by atoms with Crippen LogP contribution in [0.4, 0.5) is 5.69 Å². The molecule has 1 aromatic carbocycles. The van der Waals surface area contributed by atoms with E-state index in [4.69, 9.17) is 0 Å². The first-order chi connectivity index (χ1) is 6.18. The lowest BCUT2D eigenvalue weighted by molar-refractivity contribution is -0.383. The molecule has 0 aliphatic rings. The minimum Gasteiger partial charge on any atom is -0.307 e. The second-order valence-electron chi connectivity index (χ2n) is 2.42. The van der Waals surface area contributed by atoms with E-state index in [1.165, 1.54) is 6.07 Å². The van der Waals surface area contributed by atoms with Crippen molar-refractivity contribution >= 4 is 27.2 Å². The van der Waals surface area contributed by atoms with Gasteiger partial charge in [0, 0.05) is 6.07 Å². The molecule has 0 atom stereocenters. The van der Waals surface area contributed by atoms with E-state index >= 15 is 0 Å². The molecule has 0 radical (unpaired) electrons. The Labute approximate surface area is 75.8 Å². The first-order valence-electron chi connectivity index (χ1n) is 3.45. The second kappa shape index (κ2) is 2.67. The Morgan fingerprint density at radius 2 is 2.23 bits per heavy atom. The van der Waals surface area contributed by atoms with Crippen molar-refractivity contribution in [1.29, 1.82) is 0 Å². The predicted octanol–water partition coefficient (Wildman–Crippen LogP) is 1.50. The van der Waals surface area contributed by atoms with Gasteiger partial charge in [-0.15, -0.1) is 0 Å². The van der Waals surface area contributed by atoms with Crippen LogP contribution in [-0.4, -0.2) is 9.91 Å². The molecule has 0 saturated heterocycles. The molecule has 1 aromatic heterocycles. The third kappa shape index (κ3) is 1.20. The third-order valence-electron chi connectivity index (χ3n) is 1.63.